The number of aliphatic hydroxyl groups is 1. The van der Waals surface area contributed by atoms with E-state index in [9.17, 15) is 5.11 Å². The predicted molar refractivity (Wildman–Crippen MR) is 91.1 cm³/mol. The van der Waals surface area contributed by atoms with Crippen LogP contribution >= 0.6 is 11.3 Å². The number of benzene rings is 1. The second kappa shape index (κ2) is 6.60. The number of anilines is 1. The van der Waals surface area contributed by atoms with Crippen LogP contribution in [0.25, 0.3) is 0 Å². The predicted octanol–water partition coefficient (Wildman–Crippen LogP) is 3.37. The van der Waals surface area contributed by atoms with Crippen LogP contribution in [-0.2, 0) is 5.60 Å². The van der Waals surface area contributed by atoms with Crippen LogP contribution in [0.2, 0.25) is 0 Å². The zero-order valence-corrected chi connectivity index (χ0v) is 13.9. The summed E-state index contributed by atoms with van der Waals surface area (Å²) >= 11 is 1.61. The summed E-state index contributed by atoms with van der Waals surface area (Å²) in [4.78, 5) is 2.12. The Kier molecular flexibility index (Phi) is 5.04. The molecular weight excluding hydrogens is 280 g/mol. The van der Waals surface area contributed by atoms with Crippen molar-refractivity contribution in [2.24, 2.45) is 0 Å². The van der Waals surface area contributed by atoms with Crippen LogP contribution in [0.5, 0.6) is 0 Å². The highest BCUT2D eigenvalue weighted by Gasteiger charge is 2.24. The van der Waals surface area contributed by atoms with Crippen molar-refractivity contribution in [2.45, 2.75) is 25.5 Å². The molecule has 0 aliphatic heterocycles. The van der Waals surface area contributed by atoms with Gasteiger partial charge in [-0.15, -0.1) is 0 Å². The topological polar surface area (TPSA) is 35.5 Å². The highest BCUT2D eigenvalue weighted by Crippen LogP contribution is 2.27. The third kappa shape index (κ3) is 3.84. The Morgan fingerprint density at radius 3 is 2.62 bits per heavy atom. The van der Waals surface area contributed by atoms with Gasteiger partial charge in [-0.05, 0) is 47.9 Å². The molecule has 0 bridgehead atoms. The van der Waals surface area contributed by atoms with E-state index in [0.717, 1.165) is 5.56 Å². The van der Waals surface area contributed by atoms with Crippen molar-refractivity contribution in [3.63, 3.8) is 0 Å². The molecule has 1 heterocycles. The van der Waals surface area contributed by atoms with E-state index in [-0.39, 0.29) is 6.04 Å². The molecule has 0 spiro atoms. The first kappa shape index (κ1) is 16.0. The van der Waals surface area contributed by atoms with Crippen molar-refractivity contribution >= 4 is 17.0 Å². The number of thiophene rings is 1. The Balaban J connectivity index is 2.07. The zero-order valence-electron chi connectivity index (χ0n) is 13.1. The van der Waals surface area contributed by atoms with Gasteiger partial charge in [-0.1, -0.05) is 18.2 Å². The van der Waals surface area contributed by atoms with E-state index in [1.807, 2.05) is 43.9 Å². The van der Waals surface area contributed by atoms with E-state index >= 15 is 0 Å². The van der Waals surface area contributed by atoms with Gasteiger partial charge in [0.1, 0.15) is 5.60 Å². The first-order valence-electron chi connectivity index (χ1n) is 7.16. The van der Waals surface area contributed by atoms with Gasteiger partial charge in [0.2, 0.25) is 0 Å². The minimum Gasteiger partial charge on any atom is -0.384 e. The minimum atomic E-state index is -0.846. The van der Waals surface area contributed by atoms with Gasteiger partial charge in [0.25, 0.3) is 0 Å². The molecule has 0 fully saturated rings. The summed E-state index contributed by atoms with van der Waals surface area (Å²) in [5.41, 5.74) is 2.56. The van der Waals surface area contributed by atoms with Gasteiger partial charge in [-0.25, -0.2) is 0 Å². The van der Waals surface area contributed by atoms with Crippen LogP contribution < -0.4 is 10.2 Å². The van der Waals surface area contributed by atoms with Crippen LogP contribution in [0.4, 0.5) is 5.69 Å². The zero-order chi connectivity index (χ0) is 15.5. The molecule has 2 unspecified atom stereocenters. The smallest absolute Gasteiger partial charge is 0.100 e. The number of nitrogens with zero attached hydrogens (tertiary/aromatic N) is 1. The van der Waals surface area contributed by atoms with Gasteiger partial charge in [0, 0.05) is 32.4 Å². The lowest BCUT2D eigenvalue weighted by atomic mass is 9.98. The molecule has 2 atom stereocenters. The van der Waals surface area contributed by atoms with Gasteiger partial charge in [0.15, 0.2) is 0 Å². The fourth-order valence-electron chi connectivity index (χ4n) is 2.40. The number of para-hydroxylation sites is 1. The molecule has 21 heavy (non-hydrogen) atoms. The quantitative estimate of drug-likeness (QED) is 0.859. The van der Waals surface area contributed by atoms with Crippen molar-refractivity contribution in [2.75, 3.05) is 25.5 Å². The second-order valence-corrected chi connectivity index (χ2v) is 6.62. The third-order valence-corrected chi connectivity index (χ3v) is 4.46. The van der Waals surface area contributed by atoms with Crippen LogP contribution in [0.3, 0.4) is 0 Å². The van der Waals surface area contributed by atoms with Crippen molar-refractivity contribution < 1.29 is 5.11 Å². The molecule has 114 valence electrons. The van der Waals surface area contributed by atoms with Crippen LogP contribution in [0.1, 0.15) is 31.0 Å². The lowest BCUT2D eigenvalue weighted by molar-refractivity contribution is 0.0548. The third-order valence-electron chi connectivity index (χ3n) is 3.78. The van der Waals surface area contributed by atoms with Crippen LogP contribution in [0.15, 0.2) is 41.1 Å². The molecule has 0 saturated heterocycles. The molecule has 2 aromatic rings. The van der Waals surface area contributed by atoms with E-state index in [1.165, 1.54) is 11.3 Å². The fraction of sp³-hybridized carbons (Fsp3) is 0.412. The monoisotopic (exact) mass is 304 g/mol. The Labute approximate surface area is 131 Å². The normalized spacial score (nSPS) is 15.5. The molecule has 2 rings (SSSR count). The Morgan fingerprint density at radius 1 is 1.29 bits per heavy atom. The molecular formula is C17H24N2OS. The maximum atomic E-state index is 10.6. The number of nitrogens with one attached hydrogen (secondary N) is 1. The summed E-state index contributed by atoms with van der Waals surface area (Å²) in [7, 11) is 4.10. The van der Waals surface area contributed by atoms with Gasteiger partial charge in [-0.3, -0.25) is 0 Å². The highest BCUT2D eigenvalue weighted by atomic mass is 32.1. The molecule has 0 aliphatic rings. The van der Waals surface area contributed by atoms with E-state index in [4.69, 9.17) is 0 Å². The van der Waals surface area contributed by atoms with Gasteiger partial charge in [0.05, 0.1) is 0 Å². The molecule has 3 nitrogen and oxygen atoms in total. The average Bonchev–Trinajstić information content (AvgIpc) is 3.00. The second-order valence-electron chi connectivity index (χ2n) is 5.84. The molecule has 2 N–H and O–H groups in total. The average molecular weight is 304 g/mol. The maximum absolute atomic E-state index is 10.6. The first-order chi connectivity index (χ1) is 9.92. The molecule has 0 amide bonds. The van der Waals surface area contributed by atoms with E-state index in [0.29, 0.717) is 6.54 Å². The Bertz CT molecular complexity index is 564. The maximum Gasteiger partial charge on any atom is 0.100 e. The van der Waals surface area contributed by atoms with E-state index < -0.39 is 5.60 Å². The lowest BCUT2D eigenvalue weighted by Gasteiger charge is -2.27. The largest absolute Gasteiger partial charge is 0.384 e. The number of rotatable bonds is 6. The van der Waals surface area contributed by atoms with Gasteiger partial charge in [-0.2, -0.15) is 11.3 Å². The summed E-state index contributed by atoms with van der Waals surface area (Å²) in [5, 5.41) is 18.0. The minimum absolute atomic E-state index is 0.175. The van der Waals surface area contributed by atoms with Crippen molar-refractivity contribution in [1.82, 2.24) is 5.32 Å². The summed E-state index contributed by atoms with van der Waals surface area (Å²) in [6.07, 6.45) is 0. The summed E-state index contributed by atoms with van der Waals surface area (Å²) in [5.74, 6) is 0. The van der Waals surface area contributed by atoms with Crippen LogP contribution in [0, 0.1) is 0 Å². The summed E-state index contributed by atoms with van der Waals surface area (Å²) in [6, 6.07) is 10.5. The lowest BCUT2D eigenvalue weighted by Crippen LogP contribution is -2.36. The first-order valence-corrected chi connectivity index (χ1v) is 8.11. The molecule has 0 saturated carbocycles. The highest BCUT2D eigenvalue weighted by molar-refractivity contribution is 7.08. The van der Waals surface area contributed by atoms with Gasteiger partial charge < -0.3 is 15.3 Å². The van der Waals surface area contributed by atoms with Crippen molar-refractivity contribution in [1.29, 1.82) is 0 Å². The molecule has 0 radical (unpaired) electrons. The van der Waals surface area contributed by atoms with E-state index in [2.05, 4.69) is 35.3 Å². The molecule has 1 aromatic heterocycles. The standard InChI is InChI=1S/C17H24N2OS/c1-13(15-7-5-6-8-16(15)19(3)4)18-12-17(2,20)14-9-10-21-11-14/h5-11,13,18,20H,12H2,1-4H3. The number of hydrogen-bond donors (Lipinski definition) is 2. The molecule has 4 heteroatoms. The summed E-state index contributed by atoms with van der Waals surface area (Å²) < 4.78 is 0. The van der Waals surface area contributed by atoms with Crippen LogP contribution in [-0.4, -0.2) is 25.7 Å². The molecule has 0 aliphatic carbocycles. The Hall–Kier alpha value is -1.36. The van der Waals surface area contributed by atoms with Crippen molar-refractivity contribution in [3.8, 4) is 0 Å². The fourth-order valence-corrected chi connectivity index (χ4v) is 3.18. The SMILES string of the molecule is CC(NCC(C)(O)c1ccsc1)c1ccccc1N(C)C. The number of hydrogen-bond acceptors (Lipinski definition) is 4. The van der Waals surface area contributed by atoms with Gasteiger partial charge >= 0.3 is 0 Å². The van der Waals surface area contributed by atoms with Crippen molar-refractivity contribution in [3.05, 3.63) is 52.2 Å². The summed E-state index contributed by atoms with van der Waals surface area (Å²) in [6.45, 7) is 4.51. The van der Waals surface area contributed by atoms with E-state index in [1.54, 1.807) is 11.3 Å². The molecule has 1 aromatic carbocycles. The Morgan fingerprint density at radius 2 is 2.00 bits per heavy atom.